The summed E-state index contributed by atoms with van der Waals surface area (Å²) in [6.45, 7) is 2.29. The molecule has 0 aromatic carbocycles. The van der Waals surface area contributed by atoms with Gasteiger partial charge in [0.1, 0.15) is 0 Å². The van der Waals surface area contributed by atoms with Crippen molar-refractivity contribution in [3.05, 3.63) is 24.3 Å². The van der Waals surface area contributed by atoms with Crippen LogP contribution in [0.2, 0.25) is 0 Å². The Hall–Kier alpha value is -1.05. The Morgan fingerprint density at radius 3 is 1.38 bits per heavy atom. The predicted octanol–water partition coefficient (Wildman–Crippen LogP) is 9.09. The fraction of sp³-hybridized carbons (Fsp3) is 0.815. The summed E-state index contributed by atoms with van der Waals surface area (Å²) >= 11 is 0. The molecule has 0 fully saturated rings. The summed E-state index contributed by atoms with van der Waals surface area (Å²) in [6.07, 6.45) is 34.9. The van der Waals surface area contributed by atoms with Gasteiger partial charge in [-0.1, -0.05) is 115 Å². The molecule has 0 aliphatic carbocycles. The summed E-state index contributed by atoms with van der Waals surface area (Å²) in [5.74, 6) is -0.107. The molecule has 0 aromatic rings. The first kappa shape index (κ1) is 27.9. The highest BCUT2D eigenvalue weighted by atomic mass is 16.5. The highest BCUT2D eigenvalue weighted by Crippen LogP contribution is 2.13. The van der Waals surface area contributed by atoms with Gasteiger partial charge in [0.05, 0.1) is 7.11 Å². The smallest absolute Gasteiger partial charge is 0.305 e. The molecule has 0 amide bonds. The van der Waals surface area contributed by atoms with E-state index in [2.05, 4.69) is 36.0 Å². The fourth-order valence-corrected chi connectivity index (χ4v) is 3.59. The second-order valence-electron chi connectivity index (χ2n) is 8.37. The number of rotatable bonds is 22. The summed E-state index contributed by atoms with van der Waals surface area (Å²) in [6, 6.07) is 0. The average molecular weight is 407 g/mol. The van der Waals surface area contributed by atoms with Crippen molar-refractivity contribution in [1.82, 2.24) is 0 Å². The highest BCUT2D eigenvalue weighted by Gasteiger charge is 1.96. The molecule has 0 atom stereocenters. The minimum Gasteiger partial charge on any atom is -0.469 e. The first-order valence-electron chi connectivity index (χ1n) is 12.7. The molecule has 0 saturated heterocycles. The predicted molar refractivity (Wildman–Crippen MR) is 128 cm³/mol. The van der Waals surface area contributed by atoms with Crippen LogP contribution in [0.25, 0.3) is 0 Å². The molecule has 0 bridgehead atoms. The minimum absolute atomic E-state index is 0.107. The second kappa shape index (κ2) is 25.0. The van der Waals surface area contributed by atoms with E-state index in [1.54, 1.807) is 0 Å². The standard InChI is InChI=1S/C27H50O2/c1-3-4-5-6-7-8-9-10-11-12-13-14-15-16-17-18-19-20-21-22-23-24-25-26-27(28)29-2/h18-19,22-23H,3-17,20-21,24-26H2,1-2H3. The summed E-state index contributed by atoms with van der Waals surface area (Å²) in [5.41, 5.74) is 0. The first-order valence-corrected chi connectivity index (χ1v) is 12.7. The van der Waals surface area contributed by atoms with Crippen LogP contribution in [0.1, 0.15) is 135 Å². The highest BCUT2D eigenvalue weighted by molar-refractivity contribution is 5.69. The Morgan fingerprint density at radius 1 is 0.552 bits per heavy atom. The molecule has 0 heterocycles. The molecule has 0 aromatic heterocycles. The van der Waals surface area contributed by atoms with Crippen molar-refractivity contribution in [3.63, 3.8) is 0 Å². The molecule has 0 saturated carbocycles. The van der Waals surface area contributed by atoms with Crippen LogP contribution in [0.3, 0.4) is 0 Å². The molecule has 2 nitrogen and oxygen atoms in total. The molecule has 29 heavy (non-hydrogen) atoms. The quantitative estimate of drug-likeness (QED) is 0.102. The maximum Gasteiger partial charge on any atom is 0.305 e. The van der Waals surface area contributed by atoms with Gasteiger partial charge in [-0.2, -0.15) is 0 Å². The summed E-state index contributed by atoms with van der Waals surface area (Å²) in [5, 5.41) is 0. The number of hydrogen-bond donors (Lipinski definition) is 0. The van der Waals surface area contributed by atoms with Crippen molar-refractivity contribution in [2.45, 2.75) is 135 Å². The van der Waals surface area contributed by atoms with Crippen molar-refractivity contribution in [1.29, 1.82) is 0 Å². The number of carbonyl (C=O) groups excluding carboxylic acids is 1. The van der Waals surface area contributed by atoms with E-state index in [1.165, 1.54) is 103 Å². The van der Waals surface area contributed by atoms with E-state index in [-0.39, 0.29) is 5.97 Å². The van der Waals surface area contributed by atoms with E-state index < -0.39 is 0 Å². The van der Waals surface area contributed by atoms with Gasteiger partial charge in [0.25, 0.3) is 0 Å². The molecule has 0 spiro atoms. The maximum atomic E-state index is 11.0. The molecule has 0 unspecified atom stereocenters. The lowest BCUT2D eigenvalue weighted by Gasteiger charge is -2.02. The van der Waals surface area contributed by atoms with Gasteiger partial charge in [-0.05, 0) is 38.5 Å². The van der Waals surface area contributed by atoms with Crippen molar-refractivity contribution >= 4 is 5.97 Å². The second-order valence-corrected chi connectivity index (χ2v) is 8.37. The van der Waals surface area contributed by atoms with E-state index in [1.807, 2.05) is 0 Å². The van der Waals surface area contributed by atoms with Crippen LogP contribution in [0.5, 0.6) is 0 Å². The van der Waals surface area contributed by atoms with Gasteiger partial charge < -0.3 is 4.74 Å². The number of hydrogen-bond acceptors (Lipinski definition) is 2. The third-order valence-corrected chi connectivity index (χ3v) is 5.54. The lowest BCUT2D eigenvalue weighted by Crippen LogP contribution is -1.98. The van der Waals surface area contributed by atoms with Crippen LogP contribution in [0.4, 0.5) is 0 Å². The monoisotopic (exact) mass is 406 g/mol. The van der Waals surface area contributed by atoms with Crippen molar-refractivity contribution in [2.75, 3.05) is 7.11 Å². The van der Waals surface area contributed by atoms with Crippen LogP contribution >= 0.6 is 0 Å². The summed E-state index contributed by atoms with van der Waals surface area (Å²) in [7, 11) is 1.45. The van der Waals surface area contributed by atoms with Gasteiger partial charge in [-0.25, -0.2) is 0 Å². The lowest BCUT2D eigenvalue weighted by atomic mass is 10.0. The van der Waals surface area contributed by atoms with Crippen LogP contribution in [-0.2, 0) is 9.53 Å². The van der Waals surface area contributed by atoms with Crippen LogP contribution in [-0.4, -0.2) is 13.1 Å². The van der Waals surface area contributed by atoms with Gasteiger partial charge in [-0.15, -0.1) is 0 Å². The summed E-state index contributed by atoms with van der Waals surface area (Å²) < 4.78 is 4.63. The van der Waals surface area contributed by atoms with Gasteiger partial charge in [0, 0.05) is 6.42 Å². The topological polar surface area (TPSA) is 26.3 Å². The maximum absolute atomic E-state index is 11.0. The van der Waals surface area contributed by atoms with Crippen LogP contribution < -0.4 is 0 Å². The Balaban J connectivity index is 3.16. The SMILES string of the molecule is CCCCCCCCCCCCCCCCC=CCCC=CCCCC(=O)OC. The molecule has 0 radical (unpaired) electrons. The molecule has 0 N–H and O–H groups in total. The Labute approximate surface area is 182 Å². The van der Waals surface area contributed by atoms with E-state index in [0.29, 0.717) is 6.42 Å². The largest absolute Gasteiger partial charge is 0.469 e. The number of allylic oxidation sites excluding steroid dienone is 4. The van der Waals surface area contributed by atoms with E-state index in [0.717, 1.165) is 25.7 Å². The Morgan fingerprint density at radius 2 is 0.931 bits per heavy atom. The molecular weight excluding hydrogens is 356 g/mol. The van der Waals surface area contributed by atoms with Gasteiger partial charge in [-0.3, -0.25) is 4.79 Å². The zero-order valence-corrected chi connectivity index (χ0v) is 19.8. The normalized spacial score (nSPS) is 11.7. The fourth-order valence-electron chi connectivity index (χ4n) is 3.59. The van der Waals surface area contributed by atoms with Crippen LogP contribution in [0.15, 0.2) is 24.3 Å². The first-order chi connectivity index (χ1) is 14.3. The third-order valence-electron chi connectivity index (χ3n) is 5.54. The third kappa shape index (κ3) is 24.9. The van der Waals surface area contributed by atoms with Crippen LogP contribution in [0, 0.1) is 0 Å². The summed E-state index contributed by atoms with van der Waals surface area (Å²) in [4.78, 5) is 11.0. The van der Waals surface area contributed by atoms with Gasteiger partial charge >= 0.3 is 5.97 Å². The van der Waals surface area contributed by atoms with E-state index >= 15 is 0 Å². The van der Waals surface area contributed by atoms with Gasteiger partial charge in [0.2, 0.25) is 0 Å². The molecule has 0 aliphatic heterocycles. The number of ether oxygens (including phenoxy) is 1. The number of esters is 1. The average Bonchev–Trinajstić information content (AvgIpc) is 2.74. The Kier molecular flexibility index (Phi) is 24.1. The molecule has 2 heteroatoms. The molecular formula is C27H50O2. The van der Waals surface area contributed by atoms with E-state index in [4.69, 9.17) is 0 Å². The van der Waals surface area contributed by atoms with Crippen molar-refractivity contribution < 1.29 is 9.53 Å². The number of unbranched alkanes of at least 4 members (excludes halogenated alkanes) is 16. The lowest BCUT2D eigenvalue weighted by molar-refractivity contribution is -0.140. The molecule has 0 aliphatic rings. The number of carbonyl (C=O) groups is 1. The molecule has 0 rings (SSSR count). The Bertz CT molecular complexity index is 384. The van der Waals surface area contributed by atoms with Crippen molar-refractivity contribution in [2.24, 2.45) is 0 Å². The van der Waals surface area contributed by atoms with E-state index in [9.17, 15) is 4.79 Å². The zero-order valence-electron chi connectivity index (χ0n) is 19.8. The number of methoxy groups -OCH3 is 1. The minimum atomic E-state index is -0.107. The van der Waals surface area contributed by atoms with Gasteiger partial charge in [0.15, 0.2) is 0 Å². The zero-order chi connectivity index (χ0) is 21.3. The molecule has 170 valence electrons. The van der Waals surface area contributed by atoms with Crippen molar-refractivity contribution in [3.8, 4) is 0 Å².